The van der Waals surface area contributed by atoms with Gasteiger partial charge in [-0.05, 0) is 83.4 Å². The Balaban J connectivity index is 1.40. The van der Waals surface area contributed by atoms with E-state index in [-0.39, 0.29) is 12.1 Å². The number of hydrogen-bond donors (Lipinski definition) is 2. The minimum atomic E-state index is -0.451. The number of nitriles is 1. The van der Waals surface area contributed by atoms with Crippen LogP contribution in [0.15, 0.2) is 29.8 Å². The standard InChI is InChI=1S/C24H33N3O2/c1-16(13-17-5-7-18(15-25)8-6-17)21-14-22(21)26-19-9-11-20(12-10-19)27-23(28)29-24(2,3)4/h5-8,13,19-22,26H,9-12,14H2,1-4H3,(H,27,28)/b16-13+. The van der Waals surface area contributed by atoms with Crippen LogP contribution in [0.3, 0.4) is 0 Å². The van der Waals surface area contributed by atoms with Gasteiger partial charge in [-0.2, -0.15) is 5.26 Å². The van der Waals surface area contributed by atoms with Gasteiger partial charge in [-0.1, -0.05) is 23.8 Å². The molecule has 1 aromatic rings. The van der Waals surface area contributed by atoms with Crippen LogP contribution in [0, 0.1) is 17.2 Å². The zero-order valence-corrected chi connectivity index (χ0v) is 18.0. The van der Waals surface area contributed by atoms with Crippen molar-refractivity contribution < 1.29 is 9.53 Å². The Hall–Kier alpha value is -2.32. The fraction of sp³-hybridized carbons (Fsp3) is 0.583. The van der Waals surface area contributed by atoms with Crippen LogP contribution in [-0.4, -0.2) is 29.8 Å². The number of rotatable bonds is 5. The molecule has 2 aliphatic rings. The lowest BCUT2D eigenvalue weighted by atomic mass is 9.91. The molecule has 1 aromatic carbocycles. The molecule has 0 heterocycles. The second-order valence-corrected chi connectivity index (χ2v) is 9.43. The van der Waals surface area contributed by atoms with Crippen molar-refractivity contribution in [1.29, 1.82) is 5.26 Å². The fourth-order valence-corrected chi connectivity index (χ4v) is 4.09. The summed E-state index contributed by atoms with van der Waals surface area (Å²) < 4.78 is 5.36. The largest absolute Gasteiger partial charge is 0.444 e. The predicted molar refractivity (Wildman–Crippen MR) is 115 cm³/mol. The molecular formula is C24H33N3O2. The molecule has 0 bridgehead atoms. The molecule has 0 aromatic heterocycles. The number of ether oxygens (including phenoxy) is 1. The summed E-state index contributed by atoms with van der Waals surface area (Å²) >= 11 is 0. The third-order valence-corrected chi connectivity index (χ3v) is 5.71. The predicted octanol–water partition coefficient (Wildman–Crippen LogP) is 4.78. The number of benzene rings is 1. The van der Waals surface area contributed by atoms with Gasteiger partial charge in [-0.3, -0.25) is 0 Å². The maximum absolute atomic E-state index is 11.9. The molecule has 29 heavy (non-hydrogen) atoms. The highest BCUT2D eigenvalue weighted by atomic mass is 16.6. The zero-order chi connectivity index (χ0) is 21.0. The fourth-order valence-electron chi connectivity index (χ4n) is 4.09. The van der Waals surface area contributed by atoms with Crippen LogP contribution in [0.5, 0.6) is 0 Å². The molecule has 5 nitrogen and oxygen atoms in total. The maximum atomic E-state index is 11.9. The van der Waals surface area contributed by atoms with Crippen LogP contribution >= 0.6 is 0 Å². The van der Waals surface area contributed by atoms with E-state index in [2.05, 4.69) is 29.7 Å². The van der Waals surface area contributed by atoms with Crippen molar-refractivity contribution >= 4 is 12.2 Å². The van der Waals surface area contributed by atoms with Crippen LogP contribution in [0.2, 0.25) is 0 Å². The van der Waals surface area contributed by atoms with Gasteiger partial charge in [0.15, 0.2) is 0 Å². The van der Waals surface area contributed by atoms with Crippen LogP contribution in [0.1, 0.15) is 70.9 Å². The van der Waals surface area contributed by atoms with E-state index < -0.39 is 5.60 Å². The van der Waals surface area contributed by atoms with Gasteiger partial charge in [0.05, 0.1) is 11.6 Å². The molecule has 2 unspecified atom stereocenters. The molecule has 2 aliphatic carbocycles. The van der Waals surface area contributed by atoms with Crippen LogP contribution < -0.4 is 10.6 Å². The normalized spacial score (nSPS) is 27.1. The Bertz CT molecular complexity index is 778. The summed E-state index contributed by atoms with van der Waals surface area (Å²) in [6, 6.07) is 11.2. The monoisotopic (exact) mass is 395 g/mol. The molecular weight excluding hydrogens is 362 g/mol. The van der Waals surface area contributed by atoms with Gasteiger partial charge >= 0.3 is 6.09 Å². The topological polar surface area (TPSA) is 74.2 Å². The summed E-state index contributed by atoms with van der Waals surface area (Å²) in [6.45, 7) is 7.86. The number of nitrogens with zero attached hydrogens (tertiary/aromatic N) is 1. The van der Waals surface area contributed by atoms with Gasteiger partial charge in [-0.15, -0.1) is 0 Å². The van der Waals surface area contributed by atoms with Gasteiger partial charge in [0.1, 0.15) is 5.60 Å². The SMILES string of the molecule is C/C(=C\c1ccc(C#N)cc1)C1CC1NC1CCC(NC(=O)OC(C)(C)C)CC1. The number of amides is 1. The first kappa shape index (κ1) is 21.4. The molecule has 0 aliphatic heterocycles. The Kier molecular flexibility index (Phi) is 6.64. The molecule has 0 radical (unpaired) electrons. The Labute approximate surface area is 174 Å². The average molecular weight is 396 g/mol. The Morgan fingerprint density at radius 3 is 2.34 bits per heavy atom. The van der Waals surface area contributed by atoms with E-state index >= 15 is 0 Å². The van der Waals surface area contributed by atoms with Crippen molar-refractivity contribution in [3.05, 3.63) is 41.0 Å². The lowest BCUT2D eigenvalue weighted by Gasteiger charge is -2.30. The van der Waals surface area contributed by atoms with Gasteiger partial charge in [0.2, 0.25) is 0 Å². The van der Waals surface area contributed by atoms with E-state index in [0.717, 1.165) is 31.2 Å². The first-order valence-corrected chi connectivity index (χ1v) is 10.7. The van der Waals surface area contributed by atoms with E-state index in [4.69, 9.17) is 10.00 Å². The molecule has 5 heteroatoms. The van der Waals surface area contributed by atoms with Crippen molar-refractivity contribution in [2.75, 3.05) is 0 Å². The lowest BCUT2D eigenvalue weighted by molar-refractivity contribution is 0.0489. The first-order chi connectivity index (χ1) is 13.7. The molecule has 2 saturated carbocycles. The number of carbonyl (C=O) groups is 1. The summed E-state index contributed by atoms with van der Waals surface area (Å²) in [5.74, 6) is 0.600. The molecule has 1 amide bonds. The number of nitrogens with one attached hydrogen (secondary N) is 2. The molecule has 2 atom stereocenters. The van der Waals surface area contributed by atoms with E-state index in [1.807, 2.05) is 45.0 Å². The van der Waals surface area contributed by atoms with E-state index in [0.29, 0.717) is 23.6 Å². The molecule has 3 rings (SSSR count). The van der Waals surface area contributed by atoms with Crippen LogP contribution in [-0.2, 0) is 4.74 Å². The van der Waals surface area contributed by atoms with E-state index in [1.165, 1.54) is 12.0 Å². The van der Waals surface area contributed by atoms with E-state index in [9.17, 15) is 4.79 Å². The molecule has 2 fully saturated rings. The third kappa shape index (κ3) is 6.61. The Morgan fingerprint density at radius 1 is 1.14 bits per heavy atom. The number of carbonyl (C=O) groups excluding carboxylic acids is 1. The van der Waals surface area contributed by atoms with Gasteiger partial charge in [0, 0.05) is 18.1 Å². The third-order valence-electron chi connectivity index (χ3n) is 5.71. The van der Waals surface area contributed by atoms with Gasteiger partial charge < -0.3 is 15.4 Å². The summed E-state index contributed by atoms with van der Waals surface area (Å²) in [5, 5.41) is 15.7. The van der Waals surface area contributed by atoms with Crippen molar-refractivity contribution in [3.63, 3.8) is 0 Å². The number of hydrogen-bond acceptors (Lipinski definition) is 4. The second-order valence-electron chi connectivity index (χ2n) is 9.43. The van der Waals surface area contributed by atoms with Crippen molar-refractivity contribution in [2.45, 2.75) is 83.5 Å². The summed E-state index contributed by atoms with van der Waals surface area (Å²) in [4.78, 5) is 11.9. The highest BCUT2D eigenvalue weighted by Crippen LogP contribution is 2.39. The first-order valence-electron chi connectivity index (χ1n) is 10.7. The summed E-state index contributed by atoms with van der Waals surface area (Å²) in [7, 11) is 0. The van der Waals surface area contributed by atoms with Gasteiger partial charge in [-0.25, -0.2) is 4.79 Å². The van der Waals surface area contributed by atoms with Crippen LogP contribution in [0.4, 0.5) is 4.79 Å². The summed E-state index contributed by atoms with van der Waals surface area (Å²) in [5.41, 5.74) is 2.79. The quantitative estimate of drug-likeness (QED) is 0.753. The lowest BCUT2D eigenvalue weighted by Crippen LogP contribution is -2.44. The highest BCUT2D eigenvalue weighted by molar-refractivity contribution is 5.68. The minimum absolute atomic E-state index is 0.218. The highest BCUT2D eigenvalue weighted by Gasteiger charge is 2.39. The molecule has 0 spiro atoms. The smallest absolute Gasteiger partial charge is 0.407 e. The van der Waals surface area contributed by atoms with Crippen molar-refractivity contribution in [2.24, 2.45) is 5.92 Å². The van der Waals surface area contributed by atoms with Crippen LogP contribution in [0.25, 0.3) is 6.08 Å². The second kappa shape index (κ2) is 9.00. The number of alkyl carbamates (subject to hydrolysis) is 1. The Morgan fingerprint density at radius 2 is 1.76 bits per heavy atom. The molecule has 156 valence electrons. The van der Waals surface area contributed by atoms with E-state index in [1.54, 1.807) is 0 Å². The maximum Gasteiger partial charge on any atom is 0.407 e. The molecule has 2 N–H and O–H groups in total. The average Bonchev–Trinajstić information content (AvgIpc) is 3.42. The zero-order valence-electron chi connectivity index (χ0n) is 18.0. The van der Waals surface area contributed by atoms with Crippen molar-refractivity contribution in [3.8, 4) is 6.07 Å². The van der Waals surface area contributed by atoms with Crippen molar-refractivity contribution in [1.82, 2.24) is 10.6 Å². The minimum Gasteiger partial charge on any atom is -0.444 e. The summed E-state index contributed by atoms with van der Waals surface area (Å²) in [6.07, 6.45) is 7.27. The molecule has 0 saturated heterocycles. The van der Waals surface area contributed by atoms with Gasteiger partial charge in [0.25, 0.3) is 0 Å².